The third-order valence-electron chi connectivity index (χ3n) is 5.46. The molecule has 5 rings (SSSR count). The molecule has 2 aromatic carbocycles. The van der Waals surface area contributed by atoms with Crippen LogP contribution in [0.1, 0.15) is 22.8 Å². The predicted molar refractivity (Wildman–Crippen MR) is 148 cm³/mol. The van der Waals surface area contributed by atoms with Crippen LogP contribution in [0.3, 0.4) is 0 Å². The average Bonchev–Trinajstić information content (AvgIpc) is 3.24. The van der Waals surface area contributed by atoms with Gasteiger partial charge in [-0.25, -0.2) is 9.79 Å². The molecule has 184 valence electrons. The standard InChI is InChI=1S/C27H18Cl2N4O3S/c1-2-36-26(35)18-14-31-21-7-6-15(12-17(21)23(18)16-8-10-30-11-9-16)13-22-25(34)33-27(37-22)32-24-19(28)4-3-5-20(24)29/h3-14H,2H2,1H3,(H,32,33,34)/b22-13+. The molecule has 0 saturated carbocycles. The number of aromatic nitrogens is 2. The number of benzene rings is 2. The lowest BCUT2D eigenvalue weighted by molar-refractivity contribution is -0.115. The minimum atomic E-state index is -0.461. The number of hydrogen-bond acceptors (Lipinski definition) is 7. The number of nitrogens with one attached hydrogen (secondary N) is 1. The summed E-state index contributed by atoms with van der Waals surface area (Å²) in [7, 11) is 0. The normalized spacial score (nSPS) is 15.4. The summed E-state index contributed by atoms with van der Waals surface area (Å²) in [6.45, 7) is 2.00. The first-order valence-corrected chi connectivity index (χ1v) is 12.8. The zero-order valence-electron chi connectivity index (χ0n) is 19.4. The zero-order chi connectivity index (χ0) is 25.9. The molecule has 2 aromatic heterocycles. The van der Waals surface area contributed by atoms with Gasteiger partial charge < -0.3 is 10.1 Å². The molecule has 37 heavy (non-hydrogen) atoms. The van der Waals surface area contributed by atoms with Crippen molar-refractivity contribution in [2.24, 2.45) is 4.99 Å². The van der Waals surface area contributed by atoms with E-state index < -0.39 is 5.97 Å². The highest BCUT2D eigenvalue weighted by Crippen LogP contribution is 2.36. The van der Waals surface area contributed by atoms with Crippen molar-refractivity contribution in [2.75, 3.05) is 6.61 Å². The molecule has 1 fully saturated rings. The molecule has 1 aliphatic rings. The first kappa shape index (κ1) is 25.0. The highest BCUT2D eigenvalue weighted by molar-refractivity contribution is 8.18. The highest BCUT2D eigenvalue weighted by atomic mass is 35.5. The van der Waals surface area contributed by atoms with Gasteiger partial charge in [-0.1, -0.05) is 35.3 Å². The first-order chi connectivity index (χ1) is 17.9. The van der Waals surface area contributed by atoms with Crippen molar-refractivity contribution in [1.29, 1.82) is 0 Å². The fraction of sp³-hybridized carbons (Fsp3) is 0.0741. The van der Waals surface area contributed by atoms with Crippen LogP contribution in [0.2, 0.25) is 10.0 Å². The molecular weight excluding hydrogens is 531 g/mol. The molecule has 3 heterocycles. The highest BCUT2D eigenvalue weighted by Gasteiger charge is 2.25. The van der Waals surface area contributed by atoms with E-state index in [-0.39, 0.29) is 12.5 Å². The third-order valence-corrected chi connectivity index (χ3v) is 6.98. The molecular formula is C27H18Cl2N4O3S. The number of thioether (sulfide) groups is 1. The summed E-state index contributed by atoms with van der Waals surface area (Å²) >= 11 is 13.6. The lowest BCUT2D eigenvalue weighted by Crippen LogP contribution is -2.19. The predicted octanol–water partition coefficient (Wildman–Crippen LogP) is 6.67. The van der Waals surface area contributed by atoms with Crippen LogP contribution in [-0.2, 0) is 9.53 Å². The number of halogens is 2. The maximum atomic E-state index is 12.7. The monoisotopic (exact) mass is 548 g/mol. The van der Waals surface area contributed by atoms with Crippen molar-refractivity contribution >= 4 is 74.7 Å². The number of amidine groups is 1. The lowest BCUT2D eigenvalue weighted by Gasteiger charge is -2.13. The molecule has 7 nitrogen and oxygen atoms in total. The number of carbonyl (C=O) groups is 2. The maximum Gasteiger partial charge on any atom is 0.340 e. The van der Waals surface area contributed by atoms with Crippen LogP contribution >= 0.6 is 35.0 Å². The number of pyridine rings is 2. The van der Waals surface area contributed by atoms with E-state index in [0.29, 0.717) is 42.4 Å². The molecule has 0 atom stereocenters. The van der Waals surface area contributed by atoms with Crippen LogP contribution in [0.25, 0.3) is 28.1 Å². The number of fused-ring (bicyclic) bond motifs is 1. The Bertz CT molecular complexity index is 1590. The second-order valence-corrected chi connectivity index (χ2v) is 9.68. The van der Waals surface area contributed by atoms with Crippen molar-refractivity contribution in [3.05, 3.63) is 93.2 Å². The average molecular weight is 549 g/mol. The van der Waals surface area contributed by atoms with Gasteiger partial charge in [-0.3, -0.25) is 14.8 Å². The molecule has 0 aliphatic carbocycles. The summed E-state index contributed by atoms with van der Waals surface area (Å²) in [6.07, 6.45) is 6.60. The number of esters is 1. The number of aliphatic imine (C=N–C) groups is 1. The van der Waals surface area contributed by atoms with Gasteiger partial charge in [0.25, 0.3) is 5.91 Å². The Morgan fingerprint density at radius 2 is 1.89 bits per heavy atom. The van der Waals surface area contributed by atoms with Crippen molar-refractivity contribution in [2.45, 2.75) is 6.92 Å². The molecule has 0 spiro atoms. The van der Waals surface area contributed by atoms with Crippen LogP contribution in [-0.4, -0.2) is 33.6 Å². The fourth-order valence-corrected chi connectivity index (χ4v) is 5.13. The summed E-state index contributed by atoms with van der Waals surface area (Å²) < 4.78 is 5.27. The summed E-state index contributed by atoms with van der Waals surface area (Å²) in [5, 5.41) is 4.63. The Hall–Kier alpha value is -3.72. The van der Waals surface area contributed by atoms with Gasteiger partial charge in [0.2, 0.25) is 0 Å². The van der Waals surface area contributed by atoms with Gasteiger partial charge in [-0.05, 0) is 72.3 Å². The second kappa shape index (κ2) is 10.7. The Morgan fingerprint density at radius 3 is 2.62 bits per heavy atom. The number of rotatable bonds is 5. The van der Waals surface area contributed by atoms with Gasteiger partial charge in [0.1, 0.15) is 5.69 Å². The van der Waals surface area contributed by atoms with Gasteiger partial charge in [-0.2, -0.15) is 0 Å². The molecule has 1 amide bonds. The van der Waals surface area contributed by atoms with E-state index in [9.17, 15) is 9.59 Å². The van der Waals surface area contributed by atoms with Gasteiger partial charge in [0, 0.05) is 29.5 Å². The van der Waals surface area contributed by atoms with Crippen LogP contribution in [0, 0.1) is 0 Å². The first-order valence-electron chi connectivity index (χ1n) is 11.2. The smallest absolute Gasteiger partial charge is 0.340 e. The summed E-state index contributed by atoms with van der Waals surface area (Å²) in [5.74, 6) is -0.753. The molecule has 10 heteroatoms. The Kier molecular flexibility index (Phi) is 7.23. The molecule has 0 radical (unpaired) electrons. The van der Waals surface area contributed by atoms with E-state index >= 15 is 0 Å². The molecule has 4 aromatic rings. The number of carbonyl (C=O) groups excluding carboxylic acids is 2. The second-order valence-electron chi connectivity index (χ2n) is 7.83. The zero-order valence-corrected chi connectivity index (χ0v) is 21.7. The SMILES string of the molecule is CCOC(=O)c1cnc2ccc(/C=C3/SC(=Nc4c(Cl)cccc4Cl)NC3=O)cc2c1-c1ccncc1. The molecule has 1 N–H and O–H groups in total. The summed E-state index contributed by atoms with van der Waals surface area (Å²) in [4.78, 5) is 38.9. The van der Waals surface area contributed by atoms with E-state index in [1.807, 2.05) is 30.3 Å². The quantitative estimate of drug-likeness (QED) is 0.221. The number of amides is 1. The van der Waals surface area contributed by atoms with E-state index in [0.717, 1.165) is 16.5 Å². The van der Waals surface area contributed by atoms with Gasteiger partial charge >= 0.3 is 5.97 Å². The van der Waals surface area contributed by atoms with Gasteiger partial charge in [0.05, 0.1) is 32.6 Å². The van der Waals surface area contributed by atoms with Crippen LogP contribution < -0.4 is 5.32 Å². The van der Waals surface area contributed by atoms with Gasteiger partial charge in [0.15, 0.2) is 5.17 Å². The minimum absolute atomic E-state index is 0.244. The minimum Gasteiger partial charge on any atom is -0.462 e. The van der Waals surface area contributed by atoms with Crippen LogP contribution in [0.4, 0.5) is 5.69 Å². The molecule has 0 unspecified atom stereocenters. The number of hydrogen-bond donors (Lipinski definition) is 1. The fourth-order valence-electron chi connectivity index (χ4n) is 3.82. The topological polar surface area (TPSA) is 93.5 Å². The molecule has 0 bridgehead atoms. The van der Waals surface area contributed by atoms with E-state index in [4.69, 9.17) is 27.9 Å². The lowest BCUT2D eigenvalue weighted by atomic mass is 9.96. The molecule has 1 saturated heterocycles. The van der Waals surface area contributed by atoms with Crippen LogP contribution in [0.5, 0.6) is 0 Å². The Morgan fingerprint density at radius 1 is 1.14 bits per heavy atom. The largest absolute Gasteiger partial charge is 0.462 e. The van der Waals surface area contributed by atoms with Crippen LogP contribution in [0.15, 0.2) is 77.0 Å². The Balaban J connectivity index is 1.57. The maximum absolute atomic E-state index is 12.7. The van der Waals surface area contributed by atoms with Crippen molar-refractivity contribution < 1.29 is 14.3 Å². The number of para-hydroxylation sites is 1. The Labute approximate surface area is 226 Å². The van der Waals surface area contributed by atoms with Gasteiger partial charge in [-0.15, -0.1) is 0 Å². The summed E-state index contributed by atoms with van der Waals surface area (Å²) in [5.41, 5.74) is 3.67. The van der Waals surface area contributed by atoms with Crippen molar-refractivity contribution in [3.8, 4) is 11.1 Å². The number of ether oxygens (including phenoxy) is 1. The van der Waals surface area contributed by atoms with E-state index in [2.05, 4.69) is 20.3 Å². The summed E-state index contributed by atoms with van der Waals surface area (Å²) in [6, 6.07) is 14.3. The van der Waals surface area contributed by atoms with Crippen molar-refractivity contribution in [3.63, 3.8) is 0 Å². The number of nitrogens with zero attached hydrogens (tertiary/aromatic N) is 3. The van der Waals surface area contributed by atoms with Crippen molar-refractivity contribution in [1.82, 2.24) is 15.3 Å². The third kappa shape index (κ3) is 5.22. The molecule has 1 aliphatic heterocycles. The van der Waals surface area contributed by atoms with E-state index in [1.54, 1.807) is 43.6 Å². The van der Waals surface area contributed by atoms with E-state index in [1.165, 1.54) is 18.0 Å².